The second-order valence-corrected chi connectivity index (χ2v) is 3.95. The van der Waals surface area contributed by atoms with Crippen molar-refractivity contribution in [3.63, 3.8) is 0 Å². The maximum Gasteiger partial charge on any atom is 0.339 e. The number of piperidine rings is 1. The Labute approximate surface area is 95.0 Å². The summed E-state index contributed by atoms with van der Waals surface area (Å²) in [5.74, 6) is 0.0817. The van der Waals surface area contributed by atoms with Crippen molar-refractivity contribution in [3.05, 3.63) is 29.6 Å². The fourth-order valence-electron chi connectivity index (χ4n) is 2.12. The molecule has 1 saturated heterocycles. The van der Waals surface area contributed by atoms with E-state index in [-0.39, 0.29) is 5.97 Å². The van der Waals surface area contributed by atoms with Crippen molar-refractivity contribution in [1.82, 2.24) is 10.3 Å². The molecule has 0 radical (unpaired) electrons. The zero-order valence-corrected chi connectivity index (χ0v) is 9.40. The number of esters is 1. The van der Waals surface area contributed by atoms with E-state index in [0.717, 1.165) is 31.6 Å². The van der Waals surface area contributed by atoms with E-state index in [4.69, 9.17) is 4.74 Å². The molecule has 1 aromatic heterocycles. The molecule has 86 valence electrons. The van der Waals surface area contributed by atoms with Crippen molar-refractivity contribution in [2.45, 2.75) is 18.8 Å². The van der Waals surface area contributed by atoms with Crippen LogP contribution < -0.4 is 5.32 Å². The smallest absolute Gasteiger partial charge is 0.339 e. The predicted molar refractivity (Wildman–Crippen MR) is 60.4 cm³/mol. The van der Waals surface area contributed by atoms with E-state index in [9.17, 15) is 4.79 Å². The Morgan fingerprint density at radius 2 is 2.25 bits per heavy atom. The third-order valence-corrected chi connectivity index (χ3v) is 2.97. The van der Waals surface area contributed by atoms with Crippen molar-refractivity contribution in [2.75, 3.05) is 20.2 Å². The van der Waals surface area contributed by atoms with Gasteiger partial charge in [-0.1, -0.05) is 0 Å². The molecule has 0 spiro atoms. The third kappa shape index (κ3) is 2.22. The van der Waals surface area contributed by atoms with Crippen LogP contribution in [0.2, 0.25) is 0 Å². The number of nitrogens with zero attached hydrogens (tertiary/aromatic N) is 1. The minimum atomic E-state index is -0.290. The quantitative estimate of drug-likeness (QED) is 0.764. The van der Waals surface area contributed by atoms with Gasteiger partial charge in [-0.2, -0.15) is 0 Å². The van der Waals surface area contributed by atoms with Crippen LogP contribution in [0.3, 0.4) is 0 Å². The van der Waals surface area contributed by atoms with Gasteiger partial charge >= 0.3 is 5.97 Å². The summed E-state index contributed by atoms with van der Waals surface area (Å²) in [5.41, 5.74) is 1.49. The first kappa shape index (κ1) is 11.1. The molecule has 0 unspecified atom stereocenters. The molecule has 0 bridgehead atoms. The summed E-state index contributed by atoms with van der Waals surface area (Å²) in [6.45, 7) is 1.98. The number of hydrogen-bond donors (Lipinski definition) is 1. The molecule has 0 saturated carbocycles. The van der Waals surface area contributed by atoms with Gasteiger partial charge in [-0.25, -0.2) is 4.79 Å². The van der Waals surface area contributed by atoms with Crippen molar-refractivity contribution >= 4 is 5.97 Å². The van der Waals surface area contributed by atoms with Gasteiger partial charge < -0.3 is 10.1 Å². The molecular weight excluding hydrogens is 204 g/mol. The standard InChI is InChI=1S/C12H16N2O2/c1-16-12(15)10-3-2-6-14-11(10)9-4-7-13-8-5-9/h2-3,6,9,13H,4-5,7-8H2,1H3. The molecule has 0 amide bonds. The first-order valence-corrected chi connectivity index (χ1v) is 5.57. The summed E-state index contributed by atoms with van der Waals surface area (Å²) in [6, 6.07) is 3.56. The zero-order valence-electron chi connectivity index (χ0n) is 9.40. The molecule has 4 heteroatoms. The number of methoxy groups -OCH3 is 1. The molecule has 0 aliphatic carbocycles. The van der Waals surface area contributed by atoms with Gasteiger partial charge in [0.15, 0.2) is 0 Å². The summed E-state index contributed by atoms with van der Waals surface area (Å²) in [5, 5.41) is 3.30. The van der Waals surface area contributed by atoms with Gasteiger partial charge in [0.2, 0.25) is 0 Å². The average Bonchev–Trinajstić information content (AvgIpc) is 2.39. The Kier molecular flexibility index (Phi) is 3.51. The van der Waals surface area contributed by atoms with Gasteiger partial charge in [0.05, 0.1) is 18.4 Å². The number of rotatable bonds is 2. The molecule has 4 nitrogen and oxygen atoms in total. The Bertz CT molecular complexity index is 373. The van der Waals surface area contributed by atoms with E-state index in [1.807, 2.05) is 0 Å². The minimum absolute atomic E-state index is 0.290. The highest BCUT2D eigenvalue weighted by Crippen LogP contribution is 2.26. The van der Waals surface area contributed by atoms with E-state index in [1.165, 1.54) is 7.11 Å². The normalized spacial score (nSPS) is 17.1. The Morgan fingerprint density at radius 3 is 2.94 bits per heavy atom. The Hall–Kier alpha value is -1.42. The summed E-state index contributed by atoms with van der Waals surface area (Å²) in [7, 11) is 1.40. The monoisotopic (exact) mass is 220 g/mol. The molecule has 0 aromatic carbocycles. The summed E-state index contributed by atoms with van der Waals surface area (Å²) >= 11 is 0. The molecule has 1 aromatic rings. The van der Waals surface area contributed by atoms with Crippen molar-refractivity contribution in [3.8, 4) is 0 Å². The lowest BCUT2D eigenvalue weighted by Crippen LogP contribution is -2.28. The average molecular weight is 220 g/mol. The highest BCUT2D eigenvalue weighted by Gasteiger charge is 2.22. The van der Waals surface area contributed by atoms with Crippen LogP contribution in [0.15, 0.2) is 18.3 Å². The first-order valence-electron chi connectivity index (χ1n) is 5.57. The molecule has 2 heterocycles. The predicted octanol–water partition coefficient (Wildman–Crippen LogP) is 1.34. The van der Waals surface area contributed by atoms with E-state index >= 15 is 0 Å². The first-order chi connectivity index (χ1) is 7.83. The summed E-state index contributed by atoms with van der Waals surface area (Å²) in [6.07, 6.45) is 3.80. The van der Waals surface area contributed by atoms with Crippen LogP contribution in [-0.4, -0.2) is 31.2 Å². The molecular formula is C12H16N2O2. The second-order valence-electron chi connectivity index (χ2n) is 3.95. The number of carbonyl (C=O) groups is 1. The fraction of sp³-hybridized carbons (Fsp3) is 0.500. The van der Waals surface area contributed by atoms with Crippen LogP contribution in [0.1, 0.15) is 34.8 Å². The van der Waals surface area contributed by atoms with Crippen LogP contribution in [0.5, 0.6) is 0 Å². The number of pyridine rings is 1. The maximum absolute atomic E-state index is 11.6. The number of nitrogens with one attached hydrogen (secondary N) is 1. The van der Waals surface area contributed by atoms with E-state index in [0.29, 0.717) is 11.5 Å². The van der Waals surface area contributed by atoms with Gasteiger partial charge in [0.1, 0.15) is 0 Å². The minimum Gasteiger partial charge on any atom is -0.465 e. The van der Waals surface area contributed by atoms with Gasteiger partial charge in [-0.15, -0.1) is 0 Å². The molecule has 16 heavy (non-hydrogen) atoms. The van der Waals surface area contributed by atoms with Crippen LogP contribution in [0.25, 0.3) is 0 Å². The number of ether oxygens (including phenoxy) is 1. The van der Waals surface area contributed by atoms with Gasteiger partial charge in [0, 0.05) is 12.1 Å². The van der Waals surface area contributed by atoms with Gasteiger partial charge in [0.25, 0.3) is 0 Å². The molecule has 2 rings (SSSR count). The van der Waals surface area contributed by atoms with Gasteiger partial charge in [-0.3, -0.25) is 4.98 Å². The summed E-state index contributed by atoms with van der Waals surface area (Å²) < 4.78 is 4.77. The lowest BCUT2D eigenvalue weighted by Gasteiger charge is -2.23. The number of aromatic nitrogens is 1. The van der Waals surface area contributed by atoms with Crippen molar-refractivity contribution < 1.29 is 9.53 Å². The van der Waals surface area contributed by atoms with Gasteiger partial charge in [-0.05, 0) is 38.1 Å². The fourth-order valence-corrected chi connectivity index (χ4v) is 2.12. The lowest BCUT2D eigenvalue weighted by molar-refractivity contribution is 0.0598. The number of hydrogen-bond acceptors (Lipinski definition) is 4. The van der Waals surface area contributed by atoms with E-state index in [2.05, 4.69) is 10.3 Å². The zero-order chi connectivity index (χ0) is 11.4. The third-order valence-electron chi connectivity index (χ3n) is 2.97. The van der Waals surface area contributed by atoms with Crippen LogP contribution in [0.4, 0.5) is 0 Å². The van der Waals surface area contributed by atoms with Crippen LogP contribution >= 0.6 is 0 Å². The molecule has 1 aliphatic heterocycles. The highest BCUT2D eigenvalue weighted by molar-refractivity contribution is 5.90. The van der Waals surface area contributed by atoms with Crippen molar-refractivity contribution in [2.24, 2.45) is 0 Å². The SMILES string of the molecule is COC(=O)c1cccnc1C1CCNCC1. The largest absolute Gasteiger partial charge is 0.465 e. The second kappa shape index (κ2) is 5.07. The molecule has 0 atom stereocenters. The topological polar surface area (TPSA) is 51.2 Å². The Morgan fingerprint density at radius 1 is 1.50 bits per heavy atom. The van der Waals surface area contributed by atoms with Crippen LogP contribution in [-0.2, 0) is 4.74 Å². The molecule has 1 fully saturated rings. The Balaban J connectivity index is 2.28. The molecule has 1 aliphatic rings. The van der Waals surface area contributed by atoms with E-state index < -0.39 is 0 Å². The lowest BCUT2D eigenvalue weighted by atomic mass is 9.91. The molecule has 1 N–H and O–H groups in total. The number of carbonyl (C=O) groups excluding carboxylic acids is 1. The highest BCUT2D eigenvalue weighted by atomic mass is 16.5. The summed E-state index contributed by atoms with van der Waals surface area (Å²) in [4.78, 5) is 15.9. The van der Waals surface area contributed by atoms with Crippen LogP contribution in [0, 0.1) is 0 Å². The van der Waals surface area contributed by atoms with Crippen molar-refractivity contribution in [1.29, 1.82) is 0 Å². The van der Waals surface area contributed by atoms with E-state index in [1.54, 1.807) is 18.3 Å². The maximum atomic E-state index is 11.6.